The summed E-state index contributed by atoms with van der Waals surface area (Å²) in [5, 5.41) is 3.19. The molecular weight excluding hydrogens is 316 g/mol. The number of nitrogens with zero attached hydrogens (tertiary/aromatic N) is 1. The maximum Gasteiger partial charge on any atom is 0.321 e. The SMILES string of the molecule is COc1cc(OC)c(NC(=O)N(C)Cc2ccccc2)cc1Cl. The molecule has 6 heteroatoms. The Bertz CT molecular complexity index is 677. The van der Waals surface area contributed by atoms with Crippen molar-refractivity contribution in [3.63, 3.8) is 0 Å². The molecule has 2 aromatic rings. The zero-order valence-electron chi connectivity index (χ0n) is 13.3. The van der Waals surface area contributed by atoms with Gasteiger partial charge in [0.1, 0.15) is 11.5 Å². The molecule has 0 fully saturated rings. The summed E-state index contributed by atoms with van der Waals surface area (Å²) < 4.78 is 10.4. The third-order valence-corrected chi connectivity index (χ3v) is 3.62. The first-order valence-electron chi connectivity index (χ1n) is 7.02. The highest BCUT2D eigenvalue weighted by Crippen LogP contribution is 2.35. The summed E-state index contributed by atoms with van der Waals surface area (Å²) in [7, 11) is 4.76. The Balaban J connectivity index is 2.11. The number of hydrogen-bond donors (Lipinski definition) is 1. The van der Waals surface area contributed by atoms with Crippen LogP contribution in [0.5, 0.6) is 11.5 Å². The molecule has 23 heavy (non-hydrogen) atoms. The molecular formula is C17H19ClN2O3. The Kier molecular flexibility index (Phi) is 5.71. The monoisotopic (exact) mass is 334 g/mol. The molecule has 0 radical (unpaired) electrons. The third-order valence-electron chi connectivity index (χ3n) is 3.32. The second-order valence-corrected chi connectivity index (χ2v) is 5.37. The Morgan fingerprint density at radius 2 is 1.78 bits per heavy atom. The van der Waals surface area contributed by atoms with E-state index in [4.69, 9.17) is 21.1 Å². The molecule has 0 heterocycles. The molecule has 122 valence electrons. The number of carbonyl (C=O) groups is 1. The minimum Gasteiger partial charge on any atom is -0.495 e. The van der Waals surface area contributed by atoms with E-state index in [-0.39, 0.29) is 6.03 Å². The van der Waals surface area contributed by atoms with E-state index in [9.17, 15) is 4.79 Å². The number of ether oxygens (including phenoxy) is 2. The molecule has 2 amide bonds. The minimum absolute atomic E-state index is 0.256. The third kappa shape index (κ3) is 4.29. The molecule has 0 aliphatic heterocycles. The number of methoxy groups -OCH3 is 2. The topological polar surface area (TPSA) is 50.8 Å². The summed E-state index contributed by atoms with van der Waals surface area (Å²) >= 11 is 6.11. The Morgan fingerprint density at radius 3 is 2.39 bits per heavy atom. The van der Waals surface area contributed by atoms with Gasteiger partial charge in [0.2, 0.25) is 0 Å². The highest BCUT2D eigenvalue weighted by Gasteiger charge is 2.15. The van der Waals surface area contributed by atoms with Gasteiger partial charge in [-0.25, -0.2) is 4.79 Å². The number of urea groups is 1. The first kappa shape index (κ1) is 17.0. The van der Waals surface area contributed by atoms with Crippen molar-refractivity contribution in [2.75, 3.05) is 26.6 Å². The van der Waals surface area contributed by atoms with Gasteiger partial charge in [-0.3, -0.25) is 0 Å². The number of rotatable bonds is 5. The number of nitrogens with one attached hydrogen (secondary N) is 1. The van der Waals surface area contributed by atoms with Crippen LogP contribution in [0.4, 0.5) is 10.5 Å². The van der Waals surface area contributed by atoms with E-state index in [1.165, 1.54) is 14.2 Å². The number of benzene rings is 2. The van der Waals surface area contributed by atoms with Crippen LogP contribution in [0, 0.1) is 0 Å². The average Bonchev–Trinajstić information content (AvgIpc) is 2.56. The van der Waals surface area contributed by atoms with Crippen LogP contribution >= 0.6 is 11.6 Å². The van der Waals surface area contributed by atoms with E-state index >= 15 is 0 Å². The second kappa shape index (κ2) is 7.74. The Morgan fingerprint density at radius 1 is 1.13 bits per heavy atom. The average molecular weight is 335 g/mol. The van der Waals surface area contributed by atoms with Crippen LogP contribution in [-0.2, 0) is 6.54 Å². The quantitative estimate of drug-likeness (QED) is 0.898. The van der Waals surface area contributed by atoms with Gasteiger partial charge in [0.25, 0.3) is 0 Å². The highest BCUT2D eigenvalue weighted by molar-refractivity contribution is 6.32. The first-order chi connectivity index (χ1) is 11.0. The van der Waals surface area contributed by atoms with E-state index in [0.29, 0.717) is 28.8 Å². The smallest absolute Gasteiger partial charge is 0.321 e. The molecule has 0 aliphatic rings. The zero-order valence-corrected chi connectivity index (χ0v) is 14.1. The van der Waals surface area contributed by atoms with Crippen molar-refractivity contribution < 1.29 is 14.3 Å². The van der Waals surface area contributed by atoms with E-state index in [0.717, 1.165) is 5.56 Å². The summed E-state index contributed by atoms with van der Waals surface area (Å²) in [6.07, 6.45) is 0. The maximum absolute atomic E-state index is 12.3. The first-order valence-corrected chi connectivity index (χ1v) is 7.40. The van der Waals surface area contributed by atoms with E-state index < -0.39 is 0 Å². The fourth-order valence-electron chi connectivity index (χ4n) is 2.10. The van der Waals surface area contributed by atoms with Crippen molar-refractivity contribution in [1.82, 2.24) is 4.90 Å². The Hall–Kier alpha value is -2.40. The number of hydrogen-bond acceptors (Lipinski definition) is 3. The minimum atomic E-state index is -0.256. The molecule has 1 N–H and O–H groups in total. The standard InChI is InChI=1S/C17H19ClN2O3/c1-20(11-12-7-5-4-6-8-12)17(21)19-14-9-13(18)15(22-2)10-16(14)23-3/h4-10H,11H2,1-3H3,(H,19,21). The lowest BCUT2D eigenvalue weighted by Crippen LogP contribution is -2.31. The largest absolute Gasteiger partial charge is 0.495 e. The van der Waals surface area contributed by atoms with Crippen molar-refractivity contribution >= 4 is 23.3 Å². The van der Waals surface area contributed by atoms with Gasteiger partial charge in [-0.05, 0) is 11.6 Å². The normalized spacial score (nSPS) is 10.1. The molecule has 0 saturated heterocycles. The summed E-state index contributed by atoms with van der Waals surface area (Å²) in [6.45, 7) is 0.499. The summed E-state index contributed by atoms with van der Waals surface area (Å²) in [6, 6.07) is 12.7. The van der Waals surface area contributed by atoms with Crippen LogP contribution in [-0.4, -0.2) is 32.2 Å². The molecule has 5 nitrogen and oxygen atoms in total. The second-order valence-electron chi connectivity index (χ2n) is 4.96. The van der Waals surface area contributed by atoms with Crippen LogP contribution in [0.3, 0.4) is 0 Å². The maximum atomic E-state index is 12.3. The van der Waals surface area contributed by atoms with Gasteiger partial charge in [0.15, 0.2) is 0 Å². The lowest BCUT2D eigenvalue weighted by atomic mass is 10.2. The molecule has 2 aromatic carbocycles. The summed E-state index contributed by atoms with van der Waals surface area (Å²) in [5.74, 6) is 0.965. The highest BCUT2D eigenvalue weighted by atomic mass is 35.5. The summed E-state index contributed by atoms with van der Waals surface area (Å²) in [5.41, 5.74) is 1.54. The van der Waals surface area contributed by atoms with Crippen molar-refractivity contribution in [2.45, 2.75) is 6.54 Å². The number of anilines is 1. The van der Waals surface area contributed by atoms with Gasteiger partial charge in [-0.1, -0.05) is 41.9 Å². The van der Waals surface area contributed by atoms with Crippen molar-refractivity contribution in [1.29, 1.82) is 0 Å². The van der Waals surface area contributed by atoms with E-state index in [1.54, 1.807) is 24.1 Å². The molecule has 0 saturated carbocycles. The molecule has 0 bridgehead atoms. The molecule has 2 rings (SSSR count). The van der Waals surface area contributed by atoms with Gasteiger partial charge in [-0.15, -0.1) is 0 Å². The molecule has 0 atom stereocenters. The van der Waals surface area contributed by atoms with Gasteiger partial charge in [-0.2, -0.15) is 0 Å². The Labute approximate surface area is 140 Å². The fraction of sp³-hybridized carbons (Fsp3) is 0.235. The zero-order chi connectivity index (χ0) is 16.8. The van der Waals surface area contributed by atoms with Crippen LogP contribution in [0.15, 0.2) is 42.5 Å². The van der Waals surface area contributed by atoms with Gasteiger partial charge < -0.3 is 19.7 Å². The predicted octanol–water partition coefficient (Wildman–Crippen LogP) is 4.02. The van der Waals surface area contributed by atoms with Crippen molar-refractivity contribution in [3.05, 3.63) is 53.1 Å². The number of amides is 2. The molecule has 0 unspecified atom stereocenters. The van der Waals surface area contributed by atoms with Crippen molar-refractivity contribution in [2.24, 2.45) is 0 Å². The molecule has 0 spiro atoms. The number of carbonyl (C=O) groups excluding carboxylic acids is 1. The van der Waals surface area contributed by atoms with Crippen LogP contribution < -0.4 is 14.8 Å². The van der Waals surface area contributed by atoms with Crippen LogP contribution in [0.1, 0.15) is 5.56 Å². The van der Waals surface area contributed by atoms with Gasteiger partial charge in [0, 0.05) is 19.7 Å². The molecule has 0 aromatic heterocycles. The summed E-state index contributed by atoms with van der Waals surface area (Å²) in [4.78, 5) is 13.9. The van der Waals surface area contributed by atoms with E-state index in [1.807, 2.05) is 30.3 Å². The van der Waals surface area contributed by atoms with Crippen LogP contribution in [0.2, 0.25) is 5.02 Å². The lowest BCUT2D eigenvalue weighted by Gasteiger charge is -2.19. The van der Waals surface area contributed by atoms with Gasteiger partial charge >= 0.3 is 6.03 Å². The predicted molar refractivity (Wildman–Crippen MR) is 91.5 cm³/mol. The molecule has 0 aliphatic carbocycles. The van der Waals surface area contributed by atoms with E-state index in [2.05, 4.69) is 5.32 Å². The van der Waals surface area contributed by atoms with Crippen LogP contribution in [0.25, 0.3) is 0 Å². The van der Waals surface area contributed by atoms with Crippen molar-refractivity contribution in [3.8, 4) is 11.5 Å². The fourth-order valence-corrected chi connectivity index (χ4v) is 2.34. The van der Waals surface area contributed by atoms with Gasteiger partial charge in [0.05, 0.1) is 24.9 Å². The number of halogens is 1. The lowest BCUT2D eigenvalue weighted by molar-refractivity contribution is 0.220.